The number of amidine groups is 1. The van der Waals surface area contributed by atoms with Crippen molar-refractivity contribution >= 4 is 23.7 Å². The van der Waals surface area contributed by atoms with Crippen LogP contribution >= 0.6 is 0 Å². The van der Waals surface area contributed by atoms with Crippen molar-refractivity contribution in [3.8, 4) is 17.6 Å². The van der Waals surface area contributed by atoms with Crippen LogP contribution in [0.4, 0.5) is 4.79 Å². The van der Waals surface area contributed by atoms with E-state index in [-0.39, 0.29) is 19.0 Å². The maximum atomic E-state index is 13.2. The average molecular weight is 599 g/mol. The van der Waals surface area contributed by atoms with E-state index in [1.807, 2.05) is 18.2 Å². The van der Waals surface area contributed by atoms with Gasteiger partial charge in [0.25, 0.3) is 11.8 Å². The smallest absolute Gasteiger partial charge is 0.323 e. The Balaban J connectivity index is 1.14. The first-order chi connectivity index (χ1) is 21.4. The summed E-state index contributed by atoms with van der Waals surface area (Å²) in [5.74, 6) is 6.18. The summed E-state index contributed by atoms with van der Waals surface area (Å²) >= 11 is 0. The van der Waals surface area contributed by atoms with E-state index in [1.54, 1.807) is 24.3 Å². The monoisotopic (exact) mass is 598 g/mol. The predicted molar refractivity (Wildman–Crippen MR) is 163 cm³/mol. The Morgan fingerprint density at radius 2 is 1.75 bits per heavy atom. The van der Waals surface area contributed by atoms with Gasteiger partial charge in [0, 0.05) is 55.5 Å². The van der Waals surface area contributed by atoms with Gasteiger partial charge in [-0.25, -0.2) is 4.79 Å². The topological polar surface area (TPSA) is 127 Å². The van der Waals surface area contributed by atoms with Crippen LogP contribution < -0.4 is 15.4 Å². The van der Waals surface area contributed by atoms with Crippen LogP contribution in [-0.4, -0.2) is 95.0 Å². The van der Waals surface area contributed by atoms with E-state index in [0.717, 1.165) is 37.3 Å². The molecule has 0 spiro atoms. The van der Waals surface area contributed by atoms with Crippen LogP contribution in [0.25, 0.3) is 0 Å². The predicted octanol–water partition coefficient (Wildman–Crippen LogP) is 2.76. The highest BCUT2D eigenvalue weighted by atomic mass is 16.5. The first-order valence-electron chi connectivity index (χ1n) is 15.3. The van der Waals surface area contributed by atoms with Gasteiger partial charge in [-0.2, -0.15) is 0 Å². The van der Waals surface area contributed by atoms with Gasteiger partial charge in [0.2, 0.25) is 5.54 Å². The SMILES string of the molecule is COc1ccc2c(c1)C(=O)N(C[C@@]1(C#Cc3ccc(/C(=N/O)N4CCN(C5CCCCCC5)CC4)cc3)NC(=O)NC1=O)C2. The molecule has 11 heteroatoms. The van der Waals surface area contributed by atoms with E-state index in [9.17, 15) is 19.6 Å². The lowest BCUT2D eigenvalue weighted by Gasteiger charge is -2.40. The second kappa shape index (κ2) is 12.6. The molecule has 2 saturated heterocycles. The number of imide groups is 1. The maximum Gasteiger partial charge on any atom is 0.323 e. The zero-order valence-corrected chi connectivity index (χ0v) is 25.0. The van der Waals surface area contributed by atoms with Crippen molar-refractivity contribution in [2.45, 2.75) is 56.7 Å². The molecule has 3 fully saturated rings. The summed E-state index contributed by atoms with van der Waals surface area (Å²) in [6.45, 7) is 3.65. The molecule has 1 aliphatic carbocycles. The number of ether oxygens (including phenoxy) is 1. The number of rotatable bonds is 5. The fourth-order valence-corrected chi connectivity index (χ4v) is 6.72. The quantitative estimate of drug-likeness (QED) is 0.0919. The molecule has 1 saturated carbocycles. The third kappa shape index (κ3) is 5.95. The van der Waals surface area contributed by atoms with Gasteiger partial charge in [0.15, 0.2) is 5.84 Å². The van der Waals surface area contributed by atoms with Crippen LogP contribution in [-0.2, 0) is 11.3 Å². The van der Waals surface area contributed by atoms with Gasteiger partial charge >= 0.3 is 6.03 Å². The number of benzene rings is 2. The molecule has 2 aromatic rings. The number of urea groups is 1. The Morgan fingerprint density at radius 1 is 1.02 bits per heavy atom. The Kier molecular flexibility index (Phi) is 8.44. The number of nitrogens with zero attached hydrogens (tertiary/aromatic N) is 4. The van der Waals surface area contributed by atoms with Gasteiger partial charge < -0.3 is 25.1 Å². The molecule has 3 aliphatic heterocycles. The minimum Gasteiger partial charge on any atom is -0.497 e. The summed E-state index contributed by atoms with van der Waals surface area (Å²) in [6, 6.07) is 12.5. The van der Waals surface area contributed by atoms with Gasteiger partial charge in [-0.3, -0.25) is 19.8 Å². The van der Waals surface area contributed by atoms with Crippen molar-refractivity contribution in [2.24, 2.45) is 5.16 Å². The van der Waals surface area contributed by atoms with Crippen molar-refractivity contribution in [3.05, 3.63) is 64.7 Å². The number of methoxy groups -OCH3 is 1. The van der Waals surface area contributed by atoms with Gasteiger partial charge in [-0.1, -0.05) is 48.7 Å². The van der Waals surface area contributed by atoms with E-state index in [1.165, 1.54) is 50.5 Å². The van der Waals surface area contributed by atoms with Gasteiger partial charge in [0.05, 0.1) is 13.7 Å². The number of oxime groups is 1. The summed E-state index contributed by atoms with van der Waals surface area (Å²) in [5, 5.41) is 18.5. The Bertz CT molecular complexity index is 1510. The number of hydrogen-bond acceptors (Lipinski definition) is 7. The molecule has 11 nitrogen and oxygen atoms in total. The number of hydrogen-bond donors (Lipinski definition) is 3. The van der Waals surface area contributed by atoms with Gasteiger partial charge in [0.1, 0.15) is 5.75 Å². The molecule has 0 bridgehead atoms. The van der Waals surface area contributed by atoms with Crippen molar-refractivity contribution in [2.75, 3.05) is 39.8 Å². The minimum atomic E-state index is -1.60. The molecule has 4 aliphatic rings. The summed E-state index contributed by atoms with van der Waals surface area (Å²) in [7, 11) is 1.53. The molecule has 6 rings (SSSR count). The van der Waals surface area contributed by atoms with Crippen LogP contribution in [0.3, 0.4) is 0 Å². The number of carbonyl (C=O) groups is 3. The van der Waals surface area contributed by atoms with Crippen LogP contribution in [0.5, 0.6) is 5.75 Å². The van der Waals surface area contributed by atoms with Crippen LogP contribution in [0.15, 0.2) is 47.6 Å². The number of nitrogens with one attached hydrogen (secondary N) is 2. The largest absolute Gasteiger partial charge is 0.497 e. The summed E-state index contributed by atoms with van der Waals surface area (Å²) in [6.07, 6.45) is 7.83. The van der Waals surface area contributed by atoms with Crippen molar-refractivity contribution < 1.29 is 24.3 Å². The normalized spacial score (nSPS) is 23.0. The Morgan fingerprint density at radius 3 is 2.39 bits per heavy atom. The molecule has 2 aromatic carbocycles. The molecule has 3 heterocycles. The third-order valence-corrected chi connectivity index (χ3v) is 9.18. The first-order valence-corrected chi connectivity index (χ1v) is 15.3. The molecule has 44 heavy (non-hydrogen) atoms. The summed E-state index contributed by atoms with van der Waals surface area (Å²) in [4.78, 5) is 44.6. The third-order valence-electron chi connectivity index (χ3n) is 9.18. The molecule has 3 N–H and O–H groups in total. The molecule has 0 aromatic heterocycles. The van der Waals surface area contributed by atoms with E-state index >= 15 is 0 Å². The maximum absolute atomic E-state index is 13.2. The molecular weight excluding hydrogens is 560 g/mol. The fraction of sp³-hybridized carbons (Fsp3) is 0.455. The average Bonchev–Trinajstić information content (AvgIpc) is 3.33. The lowest BCUT2D eigenvalue weighted by molar-refractivity contribution is -0.122. The molecule has 0 unspecified atom stereocenters. The fourth-order valence-electron chi connectivity index (χ4n) is 6.72. The van der Waals surface area contributed by atoms with E-state index in [2.05, 4.69) is 37.4 Å². The second-order valence-electron chi connectivity index (χ2n) is 11.9. The second-order valence-corrected chi connectivity index (χ2v) is 11.9. The standard InChI is InChI=1S/C33H38N6O5/c1-44-27-13-12-25-21-39(30(40)28(25)20-27)22-33(31(41)34-32(42)35-33)15-14-23-8-10-24(11-9-23)29(36-43)38-18-16-37(17-19-38)26-6-4-2-3-5-7-26/h8-13,20,26,43H,2-7,16-19,21-22H2,1H3,(H2,34,35,41,42)/b36-29-/t33-/m1/s1. The first kappa shape index (κ1) is 29.5. The van der Waals surface area contributed by atoms with E-state index in [4.69, 9.17) is 4.74 Å². The minimum absolute atomic E-state index is 0.111. The number of amides is 4. The van der Waals surface area contributed by atoms with Crippen molar-refractivity contribution in [1.29, 1.82) is 0 Å². The molecule has 0 radical (unpaired) electrons. The highest BCUT2D eigenvalue weighted by Gasteiger charge is 2.48. The van der Waals surface area contributed by atoms with Crippen LogP contribution in [0, 0.1) is 11.8 Å². The molecule has 4 amide bonds. The molecule has 230 valence electrons. The summed E-state index contributed by atoms with van der Waals surface area (Å²) in [5.41, 5.74) is 1.08. The number of piperazine rings is 1. The van der Waals surface area contributed by atoms with Crippen molar-refractivity contribution in [3.63, 3.8) is 0 Å². The lowest BCUT2D eigenvalue weighted by atomic mass is 9.98. The lowest BCUT2D eigenvalue weighted by Crippen LogP contribution is -2.54. The zero-order valence-electron chi connectivity index (χ0n) is 25.0. The van der Waals surface area contributed by atoms with Crippen LogP contribution in [0.2, 0.25) is 0 Å². The highest BCUT2D eigenvalue weighted by Crippen LogP contribution is 2.29. The Hall–Kier alpha value is -4.56. The number of fused-ring (bicyclic) bond motifs is 1. The van der Waals surface area contributed by atoms with E-state index < -0.39 is 17.5 Å². The highest BCUT2D eigenvalue weighted by molar-refractivity contribution is 6.10. The molecule has 1 atom stereocenters. The zero-order chi connectivity index (χ0) is 30.7. The van der Waals surface area contributed by atoms with Crippen LogP contribution in [0.1, 0.15) is 65.6 Å². The van der Waals surface area contributed by atoms with E-state index in [0.29, 0.717) is 28.8 Å². The van der Waals surface area contributed by atoms with Gasteiger partial charge in [-0.15, -0.1) is 0 Å². The summed E-state index contributed by atoms with van der Waals surface area (Å²) < 4.78 is 5.25. The number of carbonyl (C=O) groups excluding carboxylic acids is 3. The Labute approximate surface area is 257 Å². The molecular formula is C33H38N6O5. The van der Waals surface area contributed by atoms with Gasteiger partial charge in [-0.05, 0) is 54.8 Å². The van der Waals surface area contributed by atoms with Crippen molar-refractivity contribution in [1.82, 2.24) is 25.3 Å².